The van der Waals surface area contributed by atoms with Gasteiger partial charge in [0.05, 0.1) is 17.2 Å². The molecule has 1 aromatic heterocycles. The van der Waals surface area contributed by atoms with Crippen molar-refractivity contribution in [1.82, 2.24) is 9.78 Å². The van der Waals surface area contributed by atoms with Gasteiger partial charge >= 0.3 is 0 Å². The number of anilines is 1. The van der Waals surface area contributed by atoms with E-state index in [4.69, 9.17) is 5.73 Å². The van der Waals surface area contributed by atoms with Crippen molar-refractivity contribution < 1.29 is 8.42 Å². The minimum atomic E-state index is -2.96. The third kappa shape index (κ3) is 0.911. The molecule has 0 amide bonds. The molecule has 2 rings (SSSR count). The number of hydrogen-bond acceptors (Lipinski definition) is 4. The first-order valence-electron chi connectivity index (χ1n) is 3.50. The Morgan fingerprint density at radius 3 is 2.75 bits per heavy atom. The van der Waals surface area contributed by atoms with Crippen LogP contribution in [0.2, 0.25) is 0 Å². The predicted molar refractivity (Wildman–Crippen MR) is 43.9 cm³/mol. The zero-order valence-electron chi connectivity index (χ0n) is 6.61. The van der Waals surface area contributed by atoms with Crippen molar-refractivity contribution in [1.29, 1.82) is 0 Å². The minimum Gasteiger partial charge on any atom is -0.384 e. The molecule has 0 bridgehead atoms. The second-order valence-corrected chi connectivity index (χ2v) is 5.03. The molecule has 0 fully saturated rings. The highest BCUT2D eigenvalue weighted by molar-refractivity contribution is 7.90. The summed E-state index contributed by atoms with van der Waals surface area (Å²) in [6, 6.07) is 0. The molecule has 1 aliphatic heterocycles. The van der Waals surface area contributed by atoms with Crippen molar-refractivity contribution >= 4 is 15.7 Å². The van der Waals surface area contributed by atoms with Crippen molar-refractivity contribution in [3.63, 3.8) is 0 Å². The number of aryl methyl sites for hydroxylation is 1. The second-order valence-electron chi connectivity index (χ2n) is 2.97. The first kappa shape index (κ1) is 7.60. The lowest BCUT2D eigenvalue weighted by Gasteiger charge is -1.95. The Morgan fingerprint density at radius 1 is 1.50 bits per heavy atom. The van der Waals surface area contributed by atoms with E-state index in [0.29, 0.717) is 17.1 Å². The van der Waals surface area contributed by atoms with Crippen LogP contribution in [0.15, 0.2) is 0 Å². The normalized spacial score (nSPS) is 19.4. The molecule has 1 aromatic rings. The van der Waals surface area contributed by atoms with Gasteiger partial charge in [0.15, 0.2) is 9.84 Å². The van der Waals surface area contributed by atoms with Crippen LogP contribution < -0.4 is 5.73 Å². The van der Waals surface area contributed by atoms with Crippen molar-refractivity contribution in [2.75, 3.05) is 5.73 Å². The molecule has 0 unspecified atom stereocenters. The summed E-state index contributed by atoms with van der Waals surface area (Å²) in [6.07, 6.45) is 0. The van der Waals surface area contributed by atoms with Gasteiger partial charge in [0.25, 0.3) is 0 Å². The van der Waals surface area contributed by atoms with Crippen molar-refractivity contribution in [2.45, 2.75) is 11.5 Å². The first-order chi connectivity index (χ1) is 5.49. The van der Waals surface area contributed by atoms with Crippen LogP contribution in [0.25, 0.3) is 0 Å². The van der Waals surface area contributed by atoms with Gasteiger partial charge in [-0.05, 0) is 0 Å². The highest BCUT2D eigenvalue weighted by Gasteiger charge is 2.30. The van der Waals surface area contributed by atoms with Crippen LogP contribution in [-0.2, 0) is 28.4 Å². The number of hydrogen-bond donors (Lipinski definition) is 1. The van der Waals surface area contributed by atoms with Gasteiger partial charge in [-0.25, -0.2) is 8.42 Å². The Balaban J connectivity index is 2.60. The van der Waals surface area contributed by atoms with E-state index in [0.717, 1.165) is 0 Å². The maximum Gasteiger partial charge on any atom is 0.160 e. The standard InChI is InChI=1S/C6H9N3O2S/c1-9-6(7)4-2-12(10,11)3-5(4)8-9/h2-3,7H2,1H3. The molecule has 0 aromatic carbocycles. The molecule has 0 radical (unpaired) electrons. The molecule has 0 atom stereocenters. The molecular formula is C6H9N3O2S. The van der Waals surface area contributed by atoms with Gasteiger partial charge in [0.1, 0.15) is 5.82 Å². The Hall–Kier alpha value is -1.04. The fraction of sp³-hybridized carbons (Fsp3) is 0.500. The number of sulfone groups is 1. The van der Waals surface area contributed by atoms with E-state index in [2.05, 4.69) is 5.10 Å². The lowest BCUT2D eigenvalue weighted by Crippen LogP contribution is -2.04. The van der Waals surface area contributed by atoms with Crippen LogP contribution in [-0.4, -0.2) is 18.2 Å². The van der Waals surface area contributed by atoms with Crippen molar-refractivity contribution in [2.24, 2.45) is 7.05 Å². The summed E-state index contributed by atoms with van der Waals surface area (Å²) in [5.74, 6) is 0.543. The topological polar surface area (TPSA) is 78.0 Å². The highest BCUT2D eigenvalue weighted by Crippen LogP contribution is 2.28. The summed E-state index contributed by atoms with van der Waals surface area (Å²) >= 11 is 0. The van der Waals surface area contributed by atoms with Gasteiger partial charge < -0.3 is 5.73 Å². The summed E-state index contributed by atoms with van der Waals surface area (Å²) < 4.78 is 23.7. The van der Waals surface area contributed by atoms with E-state index >= 15 is 0 Å². The molecule has 6 heteroatoms. The van der Waals surface area contributed by atoms with Gasteiger partial charge in [0, 0.05) is 12.6 Å². The summed E-state index contributed by atoms with van der Waals surface area (Å²) in [4.78, 5) is 0. The lowest BCUT2D eigenvalue weighted by molar-refractivity contribution is 0.596. The van der Waals surface area contributed by atoms with Crippen LogP contribution in [0.4, 0.5) is 5.82 Å². The van der Waals surface area contributed by atoms with Crippen LogP contribution in [0, 0.1) is 0 Å². The number of rotatable bonds is 0. The number of fused-ring (bicyclic) bond motifs is 1. The fourth-order valence-corrected chi connectivity index (χ4v) is 2.90. The van der Waals surface area contributed by atoms with E-state index in [9.17, 15) is 8.42 Å². The second kappa shape index (κ2) is 2.01. The summed E-state index contributed by atoms with van der Waals surface area (Å²) in [5.41, 5.74) is 6.90. The molecule has 1 aliphatic rings. The number of nitrogen functional groups attached to an aromatic ring is 1. The average molecular weight is 187 g/mol. The molecule has 5 nitrogen and oxygen atoms in total. The van der Waals surface area contributed by atoms with Gasteiger partial charge in [-0.2, -0.15) is 5.10 Å². The van der Waals surface area contributed by atoms with Crippen LogP contribution in [0.1, 0.15) is 11.3 Å². The number of nitrogens with zero attached hydrogens (tertiary/aromatic N) is 2. The molecule has 66 valence electrons. The van der Waals surface area contributed by atoms with Crippen LogP contribution in [0.5, 0.6) is 0 Å². The summed E-state index contributed by atoms with van der Waals surface area (Å²) in [6.45, 7) is 0. The maximum atomic E-state index is 11.1. The van der Waals surface area contributed by atoms with E-state index in [-0.39, 0.29) is 11.5 Å². The zero-order valence-corrected chi connectivity index (χ0v) is 7.43. The predicted octanol–water partition coefficient (Wildman–Crippen LogP) is -0.569. The molecule has 0 spiro atoms. The molecule has 12 heavy (non-hydrogen) atoms. The zero-order chi connectivity index (χ0) is 8.93. The van der Waals surface area contributed by atoms with Gasteiger partial charge in [-0.3, -0.25) is 4.68 Å². The number of aromatic nitrogens is 2. The lowest BCUT2D eigenvalue weighted by atomic mass is 10.3. The molecular weight excluding hydrogens is 178 g/mol. The third-order valence-corrected chi connectivity index (χ3v) is 3.44. The quantitative estimate of drug-likeness (QED) is 0.590. The van der Waals surface area contributed by atoms with Gasteiger partial charge in [-0.15, -0.1) is 0 Å². The SMILES string of the molecule is Cn1nc2c(c1N)CS(=O)(=O)C2. The van der Waals surface area contributed by atoms with Crippen LogP contribution >= 0.6 is 0 Å². The number of nitrogens with two attached hydrogens (primary N) is 1. The summed E-state index contributed by atoms with van der Waals surface area (Å²) in [5, 5.41) is 4.00. The van der Waals surface area contributed by atoms with E-state index < -0.39 is 9.84 Å². The fourth-order valence-electron chi connectivity index (χ4n) is 1.39. The molecule has 2 heterocycles. The average Bonchev–Trinajstić information content (AvgIpc) is 2.33. The van der Waals surface area contributed by atoms with Gasteiger partial charge in [-0.1, -0.05) is 0 Å². The Kier molecular flexibility index (Phi) is 1.27. The molecule has 0 saturated carbocycles. The van der Waals surface area contributed by atoms with E-state index in [1.165, 1.54) is 4.68 Å². The first-order valence-corrected chi connectivity index (χ1v) is 5.32. The molecule has 0 saturated heterocycles. The minimum absolute atomic E-state index is 0.0351. The van der Waals surface area contributed by atoms with E-state index in [1.807, 2.05) is 0 Å². The van der Waals surface area contributed by atoms with Gasteiger partial charge in [0.2, 0.25) is 0 Å². The Bertz CT molecular complexity index is 432. The molecule has 0 aliphatic carbocycles. The summed E-state index contributed by atoms with van der Waals surface area (Å²) in [7, 11) is -1.25. The maximum absolute atomic E-state index is 11.1. The van der Waals surface area contributed by atoms with E-state index in [1.54, 1.807) is 7.05 Å². The Morgan fingerprint density at radius 2 is 2.17 bits per heavy atom. The Labute approximate surface area is 70.1 Å². The smallest absolute Gasteiger partial charge is 0.160 e. The largest absolute Gasteiger partial charge is 0.384 e. The van der Waals surface area contributed by atoms with Crippen molar-refractivity contribution in [3.05, 3.63) is 11.3 Å². The molecule has 2 N–H and O–H groups in total. The monoisotopic (exact) mass is 187 g/mol. The highest BCUT2D eigenvalue weighted by atomic mass is 32.2. The van der Waals surface area contributed by atoms with Crippen LogP contribution in [0.3, 0.4) is 0 Å². The third-order valence-electron chi connectivity index (χ3n) is 2.00. The van der Waals surface area contributed by atoms with Crippen molar-refractivity contribution in [3.8, 4) is 0 Å².